The smallest absolute Gasteiger partial charge is 0.279 e. The maximum absolute atomic E-state index is 13.8. The Balaban J connectivity index is 1.85. The van der Waals surface area contributed by atoms with Crippen molar-refractivity contribution in [3.05, 3.63) is 52.6 Å². The first-order valence-electron chi connectivity index (χ1n) is 8.68. The van der Waals surface area contributed by atoms with Crippen molar-refractivity contribution >= 4 is 16.6 Å². The van der Waals surface area contributed by atoms with E-state index in [0.29, 0.717) is 22.8 Å². The first-order valence-corrected chi connectivity index (χ1v) is 8.68. The van der Waals surface area contributed by atoms with Crippen molar-refractivity contribution in [2.24, 2.45) is 0 Å². The van der Waals surface area contributed by atoms with Gasteiger partial charge in [-0.2, -0.15) is 4.68 Å². The van der Waals surface area contributed by atoms with Crippen LogP contribution in [0.1, 0.15) is 44.3 Å². The highest BCUT2D eigenvalue weighted by Gasteiger charge is 2.27. The predicted octanol–water partition coefficient (Wildman–Crippen LogP) is 2.83. The Morgan fingerprint density at radius 3 is 2.77 bits per heavy atom. The fourth-order valence-electron chi connectivity index (χ4n) is 3.46. The molecular formula is C18H17FN6O. The SMILES string of the molecule is CC(C)n1c(=O)c2c(-n3cc(C4CC4)nn3)ncn2c2ccc(F)cc21. The molecule has 0 unspecified atom stereocenters. The lowest BCUT2D eigenvalue weighted by molar-refractivity contribution is 0.593. The molecule has 0 aliphatic heterocycles. The Morgan fingerprint density at radius 2 is 2.04 bits per heavy atom. The molecule has 132 valence electrons. The highest BCUT2D eigenvalue weighted by atomic mass is 19.1. The van der Waals surface area contributed by atoms with E-state index in [1.54, 1.807) is 26.0 Å². The summed E-state index contributed by atoms with van der Waals surface area (Å²) in [6, 6.07) is 4.31. The zero-order valence-corrected chi connectivity index (χ0v) is 14.4. The van der Waals surface area contributed by atoms with Gasteiger partial charge in [0.25, 0.3) is 5.56 Å². The van der Waals surface area contributed by atoms with Gasteiger partial charge >= 0.3 is 0 Å². The molecule has 0 bridgehead atoms. The standard InChI is InChI=1S/C18H17FN6O/c1-10(2)25-15-7-12(19)5-6-14(15)23-9-20-17(16(23)18(25)26)24-8-13(21-22-24)11-3-4-11/h5-11H,3-4H2,1-2H3. The molecule has 0 N–H and O–H groups in total. The molecule has 0 spiro atoms. The fourth-order valence-corrected chi connectivity index (χ4v) is 3.46. The second kappa shape index (κ2) is 5.23. The molecule has 3 aromatic heterocycles. The van der Waals surface area contributed by atoms with Gasteiger partial charge in [0.1, 0.15) is 12.1 Å². The van der Waals surface area contributed by atoms with Crippen LogP contribution in [0.5, 0.6) is 0 Å². The molecule has 4 aromatic rings. The van der Waals surface area contributed by atoms with Crippen molar-refractivity contribution in [1.82, 2.24) is 28.9 Å². The molecule has 7 nitrogen and oxygen atoms in total. The normalized spacial score (nSPS) is 14.8. The average Bonchev–Trinajstić information content (AvgIpc) is 3.16. The maximum atomic E-state index is 13.8. The van der Waals surface area contributed by atoms with Gasteiger partial charge in [-0.15, -0.1) is 5.10 Å². The second-order valence-corrected chi connectivity index (χ2v) is 7.05. The number of hydrogen-bond donors (Lipinski definition) is 0. The zero-order valence-electron chi connectivity index (χ0n) is 14.4. The third kappa shape index (κ3) is 2.11. The van der Waals surface area contributed by atoms with Crippen molar-refractivity contribution in [3.8, 4) is 5.82 Å². The van der Waals surface area contributed by atoms with E-state index in [2.05, 4.69) is 15.3 Å². The molecule has 0 atom stereocenters. The van der Waals surface area contributed by atoms with Crippen LogP contribution in [0.2, 0.25) is 0 Å². The number of rotatable bonds is 3. The van der Waals surface area contributed by atoms with E-state index in [1.165, 1.54) is 12.1 Å². The third-order valence-electron chi connectivity index (χ3n) is 4.87. The Morgan fingerprint density at radius 1 is 1.23 bits per heavy atom. The zero-order chi connectivity index (χ0) is 18.0. The first-order chi connectivity index (χ1) is 12.5. The van der Waals surface area contributed by atoms with E-state index < -0.39 is 0 Å². The minimum atomic E-state index is -0.378. The van der Waals surface area contributed by atoms with Crippen LogP contribution in [-0.4, -0.2) is 28.9 Å². The fraction of sp³-hybridized carbons (Fsp3) is 0.333. The minimum absolute atomic E-state index is 0.127. The summed E-state index contributed by atoms with van der Waals surface area (Å²) in [4.78, 5) is 17.6. The summed E-state index contributed by atoms with van der Waals surface area (Å²) >= 11 is 0. The summed E-state index contributed by atoms with van der Waals surface area (Å²) < 4.78 is 18.7. The summed E-state index contributed by atoms with van der Waals surface area (Å²) in [5.41, 5.74) is 2.37. The van der Waals surface area contributed by atoms with Crippen LogP contribution in [0.4, 0.5) is 4.39 Å². The quantitative estimate of drug-likeness (QED) is 0.568. The summed E-state index contributed by atoms with van der Waals surface area (Å²) in [7, 11) is 0. The van der Waals surface area contributed by atoms with Crippen molar-refractivity contribution in [2.45, 2.75) is 38.6 Å². The number of nitrogens with zero attached hydrogens (tertiary/aromatic N) is 6. The largest absolute Gasteiger partial charge is 0.302 e. The van der Waals surface area contributed by atoms with E-state index in [-0.39, 0.29) is 17.4 Å². The number of halogens is 1. The average molecular weight is 352 g/mol. The molecule has 5 rings (SSSR count). The van der Waals surface area contributed by atoms with E-state index in [1.807, 2.05) is 20.0 Å². The Hall–Kier alpha value is -3.03. The molecule has 1 fully saturated rings. The lowest BCUT2D eigenvalue weighted by Crippen LogP contribution is -2.25. The highest BCUT2D eigenvalue weighted by Crippen LogP contribution is 2.38. The topological polar surface area (TPSA) is 70.0 Å². The number of imidazole rings is 1. The molecule has 26 heavy (non-hydrogen) atoms. The van der Waals surface area contributed by atoms with Crippen LogP contribution in [-0.2, 0) is 0 Å². The molecule has 1 saturated carbocycles. The Labute approximate surface area is 147 Å². The Bertz CT molecular complexity index is 1210. The van der Waals surface area contributed by atoms with Gasteiger partial charge in [0.05, 0.1) is 22.9 Å². The number of benzene rings is 1. The van der Waals surface area contributed by atoms with Gasteiger partial charge in [-0.1, -0.05) is 5.21 Å². The lowest BCUT2D eigenvalue weighted by atomic mass is 10.2. The van der Waals surface area contributed by atoms with Gasteiger partial charge in [-0.25, -0.2) is 9.37 Å². The molecule has 1 aromatic carbocycles. The molecular weight excluding hydrogens is 335 g/mol. The van der Waals surface area contributed by atoms with Crippen molar-refractivity contribution < 1.29 is 4.39 Å². The van der Waals surface area contributed by atoms with Gasteiger partial charge in [0, 0.05) is 12.0 Å². The summed E-state index contributed by atoms with van der Waals surface area (Å²) in [6.45, 7) is 3.80. The van der Waals surface area contributed by atoms with Crippen LogP contribution in [0.25, 0.3) is 22.4 Å². The van der Waals surface area contributed by atoms with Gasteiger partial charge in [0.15, 0.2) is 11.3 Å². The summed E-state index contributed by atoms with van der Waals surface area (Å²) in [5, 5.41) is 8.37. The lowest BCUT2D eigenvalue weighted by Gasteiger charge is -2.15. The van der Waals surface area contributed by atoms with Gasteiger partial charge in [0.2, 0.25) is 0 Å². The molecule has 8 heteroatoms. The van der Waals surface area contributed by atoms with Gasteiger partial charge < -0.3 is 4.57 Å². The number of hydrogen-bond acceptors (Lipinski definition) is 4. The molecule has 1 aliphatic rings. The van der Waals surface area contributed by atoms with E-state index in [9.17, 15) is 9.18 Å². The Kier molecular flexibility index (Phi) is 3.07. The van der Waals surface area contributed by atoms with E-state index in [4.69, 9.17) is 0 Å². The molecule has 0 saturated heterocycles. The predicted molar refractivity (Wildman–Crippen MR) is 94.2 cm³/mol. The molecule has 3 heterocycles. The number of fused-ring (bicyclic) bond motifs is 3. The van der Waals surface area contributed by atoms with Crippen LogP contribution in [0.3, 0.4) is 0 Å². The van der Waals surface area contributed by atoms with E-state index in [0.717, 1.165) is 24.1 Å². The highest BCUT2D eigenvalue weighted by molar-refractivity contribution is 5.81. The van der Waals surface area contributed by atoms with Crippen molar-refractivity contribution in [3.63, 3.8) is 0 Å². The van der Waals surface area contributed by atoms with Crippen LogP contribution < -0.4 is 5.56 Å². The van der Waals surface area contributed by atoms with Crippen molar-refractivity contribution in [2.75, 3.05) is 0 Å². The first kappa shape index (κ1) is 15.2. The van der Waals surface area contributed by atoms with E-state index >= 15 is 0 Å². The van der Waals surface area contributed by atoms with Gasteiger partial charge in [-0.05, 0) is 44.9 Å². The van der Waals surface area contributed by atoms with Crippen LogP contribution in [0, 0.1) is 5.82 Å². The van der Waals surface area contributed by atoms with Gasteiger partial charge in [-0.3, -0.25) is 9.20 Å². The maximum Gasteiger partial charge on any atom is 0.279 e. The molecule has 0 amide bonds. The second-order valence-electron chi connectivity index (χ2n) is 7.05. The monoisotopic (exact) mass is 352 g/mol. The summed E-state index contributed by atoms with van der Waals surface area (Å²) in [6.07, 6.45) is 5.67. The number of aromatic nitrogens is 6. The summed E-state index contributed by atoms with van der Waals surface area (Å²) in [5.74, 6) is 0.528. The van der Waals surface area contributed by atoms with Crippen LogP contribution >= 0.6 is 0 Å². The van der Waals surface area contributed by atoms with Crippen molar-refractivity contribution in [1.29, 1.82) is 0 Å². The molecule has 1 aliphatic carbocycles. The minimum Gasteiger partial charge on any atom is -0.302 e. The third-order valence-corrected chi connectivity index (χ3v) is 4.87. The van der Waals surface area contributed by atoms with Crippen LogP contribution in [0.15, 0.2) is 35.5 Å². The molecule has 0 radical (unpaired) electrons.